The Bertz CT molecular complexity index is 599. The topological polar surface area (TPSA) is 22.0 Å². The molecule has 0 aliphatic heterocycles. The van der Waals surface area contributed by atoms with E-state index < -0.39 is 0 Å². The van der Waals surface area contributed by atoms with E-state index in [-0.39, 0.29) is 11.6 Å². The lowest BCUT2D eigenvalue weighted by Crippen LogP contribution is -2.22. The number of hydrogen-bond acceptors (Lipinski definition) is 1. The largest absolute Gasteiger partial charge is 0.312 e. The summed E-state index contributed by atoms with van der Waals surface area (Å²) in [4.78, 5) is 12.2. The van der Waals surface area contributed by atoms with Crippen LogP contribution in [0.3, 0.4) is 0 Å². The van der Waals surface area contributed by atoms with Crippen molar-refractivity contribution in [3.05, 3.63) is 44.8 Å². The first-order valence-electron chi connectivity index (χ1n) is 5.32. The first-order valence-corrected chi connectivity index (χ1v) is 6.11. The number of aromatic nitrogens is 1. The summed E-state index contributed by atoms with van der Waals surface area (Å²) in [5, 5.41) is 1.80. The minimum atomic E-state index is 0.0805. The van der Waals surface area contributed by atoms with E-state index in [1.165, 1.54) is 0 Å². The summed E-state index contributed by atoms with van der Waals surface area (Å²) in [5.41, 5.74) is 1.20. The highest BCUT2D eigenvalue weighted by molar-refractivity contribution is 9.10. The van der Waals surface area contributed by atoms with Crippen molar-refractivity contribution in [3.63, 3.8) is 0 Å². The average molecular weight is 280 g/mol. The van der Waals surface area contributed by atoms with Crippen molar-refractivity contribution in [2.75, 3.05) is 0 Å². The van der Waals surface area contributed by atoms with Gasteiger partial charge in [-0.1, -0.05) is 22.0 Å². The molecule has 0 atom stereocenters. The molecule has 84 valence electrons. The molecule has 3 heteroatoms. The summed E-state index contributed by atoms with van der Waals surface area (Å²) >= 11 is 3.50. The predicted molar refractivity (Wildman–Crippen MR) is 71.0 cm³/mol. The van der Waals surface area contributed by atoms with Crippen molar-refractivity contribution in [2.24, 2.45) is 0 Å². The molecule has 2 nitrogen and oxygen atoms in total. The number of benzene rings is 1. The second-order valence-corrected chi connectivity index (χ2v) is 5.14. The molecule has 0 saturated carbocycles. The minimum absolute atomic E-state index is 0.0805. The zero-order chi connectivity index (χ0) is 11.9. The quantitative estimate of drug-likeness (QED) is 0.781. The normalized spacial score (nSPS) is 11.3. The fourth-order valence-electron chi connectivity index (χ4n) is 1.96. The maximum atomic E-state index is 12.2. The summed E-state index contributed by atoms with van der Waals surface area (Å²) in [6, 6.07) is 5.94. The van der Waals surface area contributed by atoms with E-state index in [1.54, 1.807) is 4.57 Å². The average Bonchev–Trinajstić information content (AvgIpc) is 2.22. The van der Waals surface area contributed by atoms with E-state index >= 15 is 0 Å². The smallest absolute Gasteiger partial charge is 0.258 e. The Kier molecular flexibility index (Phi) is 2.89. The molecule has 0 spiro atoms. The van der Waals surface area contributed by atoms with Crippen molar-refractivity contribution in [3.8, 4) is 0 Å². The Hall–Kier alpha value is -1.09. The van der Waals surface area contributed by atoms with Crippen LogP contribution in [0.2, 0.25) is 0 Å². The molecule has 2 aromatic rings. The molecule has 0 aliphatic rings. The molecule has 16 heavy (non-hydrogen) atoms. The van der Waals surface area contributed by atoms with Gasteiger partial charge in [0.2, 0.25) is 0 Å². The van der Waals surface area contributed by atoms with E-state index in [2.05, 4.69) is 15.9 Å². The fourth-order valence-corrected chi connectivity index (χ4v) is 2.64. The Balaban J connectivity index is 2.96. The van der Waals surface area contributed by atoms with Gasteiger partial charge in [-0.25, -0.2) is 0 Å². The lowest BCUT2D eigenvalue weighted by molar-refractivity contribution is 0.581. The van der Waals surface area contributed by atoms with Gasteiger partial charge < -0.3 is 4.57 Å². The number of pyridine rings is 1. The fraction of sp³-hybridized carbons (Fsp3) is 0.308. The number of aryl methyl sites for hydroxylation is 1. The van der Waals surface area contributed by atoms with Crippen LogP contribution in [0.5, 0.6) is 0 Å². The zero-order valence-electron chi connectivity index (χ0n) is 9.62. The SMILES string of the molecule is Cc1cn(C(C)C)c(=O)c2cccc(Br)c12. The van der Waals surface area contributed by atoms with Crippen LogP contribution in [0.1, 0.15) is 25.5 Å². The third-order valence-corrected chi connectivity index (χ3v) is 3.42. The van der Waals surface area contributed by atoms with Gasteiger partial charge in [-0.3, -0.25) is 4.79 Å². The van der Waals surface area contributed by atoms with Crippen LogP contribution < -0.4 is 5.56 Å². The molecule has 0 N–H and O–H groups in total. The summed E-state index contributed by atoms with van der Waals surface area (Å²) < 4.78 is 2.76. The highest BCUT2D eigenvalue weighted by Crippen LogP contribution is 2.25. The molecular weight excluding hydrogens is 266 g/mol. The lowest BCUT2D eigenvalue weighted by atomic mass is 10.1. The second kappa shape index (κ2) is 4.06. The molecular formula is C13H14BrNO. The van der Waals surface area contributed by atoms with Gasteiger partial charge in [-0.15, -0.1) is 0 Å². The van der Waals surface area contributed by atoms with E-state index in [0.717, 1.165) is 20.8 Å². The van der Waals surface area contributed by atoms with Gasteiger partial charge in [-0.2, -0.15) is 0 Å². The molecule has 0 bridgehead atoms. The first-order chi connectivity index (χ1) is 7.52. The van der Waals surface area contributed by atoms with Crippen molar-refractivity contribution < 1.29 is 0 Å². The maximum Gasteiger partial charge on any atom is 0.258 e. The second-order valence-electron chi connectivity index (χ2n) is 4.28. The van der Waals surface area contributed by atoms with Gasteiger partial charge in [0, 0.05) is 27.5 Å². The molecule has 1 heterocycles. The monoisotopic (exact) mass is 279 g/mol. The molecule has 0 fully saturated rings. The minimum Gasteiger partial charge on any atom is -0.312 e. The molecule has 0 aliphatic carbocycles. The zero-order valence-corrected chi connectivity index (χ0v) is 11.2. The van der Waals surface area contributed by atoms with Crippen molar-refractivity contribution in [1.29, 1.82) is 0 Å². The summed E-state index contributed by atoms with van der Waals surface area (Å²) in [5.74, 6) is 0. The molecule has 0 amide bonds. The molecule has 1 aromatic heterocycles. The Morgan fingerprint density at radius 3 is 2.62 bits per heavy atom. The third kappa shape index (κ3) is 1.69. The van der Waals surface area contributed by atoms with Gasteiger partial charge in [-0.05, 0) is 38.5 Å². The van der Waals surface area contributed by atoms with Crippen LogP contribution in [0, 0.1) is 6.92 Å². The summed E-state index contributed by atoms with van der Waals surface area (Å²) in [7, 11) is 0. The van der Waals surface area contributed by atoms with Crippen molar-refractivity contribution >= 4 is 26.7 Å². The van der Waals surface area contributed by atoms with E-state index in [9.17, 15) is 4.79 Å². The number of halogens is 1. The van der Waals surface area contributed by atoms with Crippen molar-refractivity contribution in [2.45, 2.75) is 26.8 Å². The van der Waals surface area contributed by atoms with Crippen LogP contribution in [-0.4, -0.2) is 4.57 Å². The number of fused-ring (bicyclic) bond motifs is 1. The highest BCUT2D eigenvalue weighted by atomic mass is 79.9. The van der Waals surface area contributed by atoms with Crippen LogP contribution in [0.4, 0.5) is 0 Å². The lowest BCUT2D eigenvalue weighted by Gasteiger charge is -2.13. The Morgan fingerprint density at radius 2 is 2.00 bits per heavy atom. The number of nitrogens with zero attached hydrogens (tertiary/aromatic N) is 1. The van der Waals surface area contributed by atoms with Crippen LogP contribution in [0.15, 0.2) is 33.7 Å². The van der Waals surface area contributed by atoms with Gasteiger partial charge in [0.1, 0.15) is 0 Å². The Labute approximate surface area is 103 Å². The molecule has 0 radical (unpaired) electrons. The Morgan fingerprint density at radius 1 is 1.31 bits per heavy atom. The van der Waals surface area contributed by atoms with Gasteiger partial charge in [0.15, 0.2) is 0 Å². The van der Waals surface area contributed by atoms with Gasteiger partial charge >= 0.3 is 0 Å². The number of hydrogen-bond donors (Lipinski definition) is 0. The predicted octanol–water partition coefficient (Wildman–Crippen LogP) is 3.65. The summed E-state index contributed by atoms with van der Waals surface area (Å²) in [6.07, 6.45) is 1.93. The molecule has 1 aromatic carbocycles. The van der Waals surface area contributed by atoms with E-state index in [1.807, 2.05) is 45.2 Å². The van der Waals surface area contributed by atoms with E-state index in [0.29, 0.717) is 0 Å². The van der Waals surface area contributed by atoms with Crippen molar-refractivity contribution in [1.82, 2.24) is 4.57 Å². The van der Waals surface area contributed by atoms with E-state index in [4.69, 9.17) is 0 Å². The highest BCUT2D eigenvalue weighted by Gasteiger charge is 2.09. The van der Waals surface area contributed by atoms with Crippen LogP contribution in [-0.2, 0) is 0 Å². The molecule has 2 rings (SSSR count). The van der Waals surface area contributed by atoms with Crippen LogP contribution in [0.25, 0.3) is 10.8 Å². The summed E-state index contributed by atoms with van der Waals surface area (Å²) in [6.45, 7) is 6.07. The molecule has 0 unspecified atom stereocenters. The van der Waals surface area contributed by atoms with Gasteiger partial charge in [0.25, 0.3) is 5.56 Å². The number of rotatable bonds is 1. The third-order valence-electron chi connectivity index (χ3n) is 2.76. The van der Waals surface area contributed by atoms with Gasteiger partial charge in [0.05, 0.1) is 0 Å². The van der Waals surface area contributed by atoms with Crippen LogP contribution >= 0.6 is 15.9 Å². The molecule has 0 saturated heterocycles. The maximum absolute atomic E-state index is 12.2. The first kappa shape index (κ1) is 11.4. The standard InChI is InChI=1S/C13H14BrNO/c1-8(2)15-7-9(3)12-10(13(15)16)5-4-6-11(12)14/h4-8H,1-3H3.